The van der Waals surface area contributed by atoms with E-state index in [2.05, 4.69) is 0 Å². The molecule has 1 saturated heterocycles. The highest BCUT2D eigenvalue weighted by molar-refractivity contribution is 5.82. The normalized spacial score (nSPS) is 43.5. The number of hydrogen-bond donors (Lipinski definition) is 20. The lowest BCUT2D eigenvalue weighted by atomic mass is 9.99. The molecular weight excluding hydrogens is 664 g/mol. The van der Waals surface area contributed by atoms with Crippen molar-refractivity contribution < 1.29 is 101 Å². The molecule has 24 heteroatoms. The van der Waals surface area contributed by atoms with Crippen LogP contribution >= 0.6 is 0 Å². The van der Waals surface area contributed by atoms with Crippen LogP contribution in [0.15, 0.2) is 0 Å². The van der Waals surface area contributed by atoms with Crippen molar-refractivity contribution in [2.45, 2.75) is 97.7 Å². The van der Waals surface area contributed by atoms with Gasteiger partial charge in [-0.1, -0.05) is 0 Å². The zero-order chi connectivity index (χ0) is 37.2. The first kappa shape index (κ1) is 43.3. The van der Waals surface area contributed by atoms with E-state index in [9.17, 15) is 101 Å². The van der Waals surface area contributed by atoms with Gasteiger partial charge in [0, 0.05) is 26.2 Å². The second-order valence-corrected chi connectivity index (χ2v) is 11.0. The largest absolute Gasteiger partial charge is 0.388 e. The standard InChI is InChI=1S/C24H44N4O20/c29-5-1-25-21(45)17(41)14(38)10(34)6(30)2-27-23(47)19(43)16(40)12(36)8(32)4-28-24(48)20(44)15(39)11(35)7(31)3-26-22(46)18(42)13(37)9(5)33/h5-20,29-44H,1-4H2,(H,25,45)(H,26,46)(H,27,47)(H,28,48)/t5-,6-,7-,8?,9+,10+,11+,12+,13+,14+,15+,16+,17-,18-,19-,20-/m1/s1. The van der Waals surface area contributed by atoms with Crippen LogP contribution in [-0.4, -0.2) is 229 Å². The van der Waals surface area contributed by atoms with E-state index in [1.807, 2.05) is 0 Å². The molecule has 20 N–H and O–H groups in total. The molecule has 0 bridgehead atoms. The van der Waals surface area contributed by atoms with E-state index in [1.165, 1.54) is 0 Å². The molecule has 4 amide bonds. The molecule has 24 nitrogen and oxygen atoms in total. The lowest BCUT2D eigenvalue weighted by Crippen LogP contribution is -2.58. The summed E-state index contributed by atoms with van der Waals surface area (Å²) in [4.78, 5) is 48.7. The summed E-state index contributed by atoms with van der Waals surface area (Å²) in [6.07, 6.45) is -38.4. The first-order valence-electron chi connectivity index (χ1n) is 14.1. The summed E-state index contributed by atoms with van der Waals surface area (Å²) in [5.74, 6) is -6.14. The molecule has 0 saturated carbocycles. The Morgan fingerprint density at radius 2 is 0.438 bits per heavy atom. The third kappa shape index (κ3) is 11.7. The van der Waals surface area contributed by atoms with Crippen LogP contribution in [0.3, 0.4) is 0 Å². The van der Waals surface area contributed by atoms with E-state index in [1.54, 1.807) is 21.3 Å². The van der Waals surface area contributed by atoms with Crippen molar-refractivity contribution in [2.24, 2.45) is 0 Å². The number of amides is 4. The van der Waals surface area contributed by atoms with Crippen molar-refractivity contribution in [3.05, 3.63) is 0 Å². The molecule has 48 heavy (non-hydrogen) atoms. The molecule has 0 aromatic rings. The van der Waals surface area contributed by atoms with Gasteiger partial charge >= 0.3 is 0 Å². The fraction of sp³-hybridized carbons (Fsp3) is 0.833. The minimum Gasteiger partial charge on any atom is -0.388 e. The van der Waals surface area contributed by atoms with Gasteiger partial charge in [-0.3, -0.25) is 19.2 Å². The Hall–Kier alpha value is -2.76. The summed E-state index contributed by atoms with van der Waals surface area (Å²) in [7, 11) is 0. The van der Waals surface area contributed by atoms with Crippen molar-refractivity contribution in [3.8, 4) is 0 Å². The van der Waals surface area contributed by atoms with Crippen LogP contribution < -0.4 is 21.3 Å². The summed E-state index contributed by atoms with van der Waals surface area (Å²) < 4.78 is 0. The predicted octanol–water partition coefficient (Wildman–Crippen LogP) is -13.8. The van der Waals surface area contributed by atoms with Crippen molar-refractivity contribution in [1.29, 1.82) is 0 Å². The Morgan fingerprint density at radius 1 is 0.292 bits per heavy atom. The maximum Gasteiger partial charge on any atom is 0.251 e. The number of rotatable bonds is 0. The summed E-state index contributed by atoms with van der Waals surface area (Å²) in [6.45, 7) is -4.10. The number of aliphatic hydroxyl groups excluding tert-OH is 16. The Balaban J connectivity index is 3.18. The third-order valence-electron chi connectivity index (χ3n) is 7.29. The fourth-order valence-electron chi connectivity index (χ4n) is 4.00. The van der Waals surface area contributed by atoms with Gasteiger partial charge < -0.3 is 103 Å². The Labute approximate surface area is 270 Å². The zero-order valence-corrected chi connectivity index (χ0v) is 24.9. The number of hydrogen-bond acceptors (Lipinski definition) is 20. The minimum atomic E-state index is -2.55. The van der Waals surface area contributed by atoms with Crippen LogP contribution in [-0.2, 0) is 19.2 Å². The first-order valence-corrected chi connectivity index (χ1v) is 14.1. The molecule has 1 aliphatic heterocycles. The molecule has 1 fully saturated rings. The minimum absolute atomic E-state index is 1.02. The quantitative estimate of drug-likeness (QED) is 0.111. The van der Waals surface area contributed by atoms with E-state index < -0.39 is 147 Å². The maximum absolute atomic E-state index is 12.2. The van der Waals surface area contributed by atoms with Crippen LogP contribution in [0.1, 0.15) is 0 Å². The molecule has 1 unspecified atom stereocenters. The lowest BCUT2D eigenvalue weighted by Gasteiger charge is -2.29. The molecule has 0 aliphatic carbocycles. The highest BCUT2D eigenvalue weighted by Gasteiger charge is 2.40. The molecule has 1 rings (SSSR count). The molecule has 16 atom stereocenters. The van der Waals surface area contributed by atoms with Gasteiger partial charge in [-0.05, 0) is 0 Å². The Kier molecular flexibility index (Phi) is 17.5. The van der Waals surface area contributed by atoms with Gasteiger partial charge in [-0.15, -0.1) is 0 Å². The van der Waals surface area contributed by atoms with Gasteiger partial charge in [0.25, 0.3) is 23.6 Å². The van der Waals surface area contributed by atoms with Gasteiger partial charge in [0.1, 0.15) is 48.8 Å². The van der Waals surface area contributed by atoms with Crippen molar-refractivity contribution in [1.82, 2.24) is 21.3 Å². The van der Waals surface area contributed by atoms with E-state index in [0.717, 1.165) is 0 Å². The summed E-state index contributed by atoms with van der Waals surface area (Å²) in [6, 6.07) is 0. The van der Waals surface area contributed by atoms with Crippen LogP contribution in [0, 0.1) is 0 Å². The molecule has 0 spiro atoms. The van der Waals surface area contributed by atoms with Crippen LogP contribution in [0.4, 0.5) is 0 Å². The van der Waals surface area contributed by atoms with E-state index in [0.29, 0.717) is 0 Å². The third-order valence-corrected chi connectivity index (χ3v) is 7.29. The number of carbonyl (C=O) groups excluding carboxylic acids is 4. The summed E-state index contributed by atoms with van der Waals surface area (Å²) in [5.41, 5.74) is 0. The summed E-state index contributed by atoms with van der Waals surface area (Å²) >= 11 is 0. The average molecular weight is 709 g/mol. The molecule has 0 aromatic heterocycles. The first-order chi connectivity index (χ1) is 22.1. The lowest BCUT2D eigenvalue weighted by molar-refractivity contribution is -0.154. The Bertz CT molecular complexity index is 899. The molecule has 0 aromatic carbocycles. The smallest absolute Gasteiger partial charge is 0.251 e. The monoisotopic (exact) mass is 708 g/mol. The van der Waals surface area contributed by atoms with Crippen LogP contribution in [0.2, 0.25) is 0 Å². The average Bonchev–Trinajstić information content (AvgIpc) is 3.08. The highest BCUT2D eigenvalue weighted by Crippen LogP contribution is 2.11. The summed E-state index contributed by atoms with van der Waals surface area (Å²) in [5, 5.41) is 168. The zero-order valence-electron chi connectivity index (χ0n) is 24.9. The second-order valence-electron chi connectivity index (χ2n) is 11.0. The number of carbonyl (C=O) groups is 4. The maximum atomic E-state index is 12.2. The molecular formula is C24H44N4O20. The molecule has 1 heterocycles. The predicted molar refractivity (Wildman–Crippen MR) is 148 cm³/mol. The van der Waals surface area contributed by atoms with Gasteiger partial charge in [-0.2, -0.15) is 0 Å². The topological polar surface area (TPSA) is 440 Å². The fourth-order valence-corrected chi connectivity index (χ4v) is 4.00. The van der Waals surface area contributed by atoms with Gasteiger partial charge in [-0.25, -0.2) is 0 Å². The van der Waals surface area contributed by atoms with Crippen molar-refractivity contribution in [2.75, 3.05) is 26.2 Å². The van der Waals surface area contributed by atoms with Crippen LogP contribution in [0.5, 0.6) is 0 Å². The van der Waals surface area contributed by atoms with E-state index in [4.69, 9.17) is 0 Å². The van der Waals surface area contributed by atoms with Gasteiger partial charge in [0.2, 0.25) is 0 Å². The van der Waals surface area contributed by atoms with Crippen LogP contribution in [0.25, 0.3) is 0 Å². The number of nitrogens with one attached hydrogen (secondary N) is 4. The van der Waals surface area contributed by atoms with E-state index >= 15 is 0 Å². The highest BCUT2D eigenvalue weighted by atomic mass is 16.4. The molecule has 280 valence electrons. The molecule has 0 radical (unpaired) electrons. The van der Waals surface area contributed by atoms with Crippen molar-refractivity contribution in [3.63, 3.8) is 0 Å². The van der Waals surface area contributed by atoms with E-state index in [-0.39, 0.29) is 0 Å². The molecule has 1 aliphatic rings. The Morgan fingerprint density at radius 3 is 0.583 bits per heavy atom. The number of aliphatic hydroxyl groups is 16. The van der Waals surface area contributed by atoms with Crippen molar-refractivity contribution >= 4 is 23.6 Å². The second kappa shape index (κ2) is 19.4. The van der Waals surface area contributed by atoms with Gasteiger partial charge in [0.15, 0.2) is 24.4 Å². The van der Waals surface area contributed by atoms with Gasteiger partial charge in [0.05, 0.1) is 24.4 Å². The SMILES string of the molecule is O=C1NC[C@@H](O)[C@H](O)[C@H](O)[C@@H](O)C(=O)NC[C@@H](O)[C@H](O)[C@H](O)[C@@H](O)C(=O)NC[C@@H](O)[C@H](O)[C@H](O)[C@@H](O)C(=O)NCC(O)[C@H](O)[C@H](O)[C@H]1O. The number of β-amino-alcohol motifs (C(OH)–C–C–N with tert-alkyl or cyclic N) is 4.